The lowest BCUT2D eigenvalue weighted by molar-refractivity contribution is 0.470. The summed E-state index contributed by atoms with van der Waals surface area (Å²) in [4.78, 5) is 0. The second-order valence-electron chi connectivity index (χ2n) is 5.11. The molecule has 2 N–H and O–H groups in total. The average Bonchev–Trinajstić information content (AvgIpc) is 2.46. The number of aryl methyl sites for hydroxylation is 1. The van der Waals surface area contributed by atoms with Gasteiger partial charge in [-0.25, -0.2) is 4.39 Å². The van der Waals surface area contributed by atoms with E-state index >= 15 is 0 Å². The molecule has 2 nitrogen and oxygen atoms in total. The predicted molar refractivity (Wildman–Crippen MR) is 84.6 cm³/mol. The molecule has 0 spiro atoms. The zero-order chi connectivity index (χ0) is 15.4. The Morgan fingerprint density at radius 2 is 2.05 bits per heavy atom. The second-order valence-corrected chi connectivity index (χ2v) is 5.52. The molecule has 2 aromatic rings. The lowest BCUT2D eigenvalue weighted by Crippen LogP contribution is -2.21. The first-order valence-corrected chi connectivity index (χ1v) is 7.36. The molecular weight excluding hydrogens is 289 g/mol. The van der Waals surface area contributed by atoms with Crippen molar-refractivity contribution in [2.45, 2.75) is 32.7 Å². The average molecular weight is 308 g/mol. The van der Waals surface area contributed by atoms with Gasteiger partial charge in [-0.1, -0.05) is 30.7 Å². The Balaban J connectivity index is 2.31. The standard InChI is InChI=1S/C17H19ClFNO/c1-3-13(20)10-12-5-4-6-15(18)17(12)21-14-7-8-16(19)11(2)9-14/h4-9,13H,3,10,20H2,1-2H3. The third-order valence-corrected chi connectivity index (χ3v) is 3.70. The Kier molecular flexibility index (Phi) is 5.21. The number of para-hydroxylation sites is 1. The van der Waals surface area contributed by atoms with Crippen molar-refractivity contribution >= 4 is 11.6 Å². The van der Waals surface area contributed by atoms with Gasteiger partial charge in [-0.3, -0.25) is 0 Å². The van der Waals surface area contributed by atoms with Crippen molar-refractivity contribution in [2.24, 2.45) is 5.73 Å². The Morgan fingerprint density at radius 1 is 1.29 bits per heavy atom. The van der Waals surface area contributed by atoms with Crippen molar-refractivity contribution in [3.63, 3.8) is 0 Å². The summed E-state index contributed by atoms with van der Waals surface area (Å²) in [7, 11) is 0. The van der Waals surface area contributed by atoms with Crippen LogP contribution in [0, 0.1) is 12.7 Å². The summed E-state index contributed by atoms with van der Waals surface area (Å²) in [6.45, 7) is 3.74. The summed E-state index contributed by atoms with van der Waals surface area (Å²) in [6.07, 6.45) is 1.56. The quantitative estimate of drug-likeness (QED) is 0.856. The van der Waals surface area contributed by atoms with Crippen LogP contribution in [0.3, 0.4) is 0 Å². The molecule has 1 atom stereocenters. The number of halogens is 2. The van der Waals surface area contributed by atoms with Gasteiger partial charge in [0, 0.05) is 6.04 Å². The van der Waals surface area contributed by atoms with E-state index in [0.717, 1.165) is 12.0 Å². The maximum Gasteiger partial charge on any atom is 0.149 e. The zero-order valence-electron chi connectivity index (χ0n) is 12.2. The Morgan fingerprint density at radius 3 is 2.71 bits per heavy atom. The maximum absolute atomic E-state index is 13.3. The molecule has 0 bridgehead atoms. The van der Waals surface area contributed by atoms with Crippen LogP contribution in [-0.2, 0) is 6.42 Å². The van der Waals surface area contributed by atoms with Gasteiger partial charge in [-0.15, -0.1) is 0 Å². The molecule has 0 aliphatic heterocycles. The minimum atomic E-state index is -0.255. The summed E-state index contributed by atoms with van der Waals surface area (Å²) in [6, 6.07) is 10.3. The molecule has 0 saturated heterocycles. The number of nitrogens with two attached hydrogens (primary N) is 1. The van der Waals surface area contributed by atoms with Crippen molar-refractivity contribution in [2.75, 3.05) is 0 Å². The van der Waals surface area contributed by atoms with Gasteiger partial charge in [-0.2, -0.15) is 0 Å². The molecule has 4 heteroatoms. The minimum Gasteiger partial charge on any atom is -0.456 e. The highest BCUT2D eigenvalue weighted by molar-refractivity contribution is 6.32. The summed E-state index contributed by atoms with van der Waals surface area (Å²) >= 11 is 6.24. The van der Waals surface area contributed by atoms with Crippen LogP contribution in [0.5, 0.6) is 11.5 Å². The SMILES string of the molecule is CCC(N)Cc1cccc(Cl)c1Oc1ccc(F)c(C)c1. The number of hydrogen-bond acceptors (Lipinski definition) is 2. The van der Waals surface area contributed by atoms with Gasteiger partial charge in [0.25, 0.3) is 0 Å². The summed E-state index contributed by atoms with van der Waals surface area (Å²) in [5.41, 5.74) is 7.50. The van der Waals surface area contributed by atoms with Crippen LogP contribution >= 0.6 is 11.6 Å². The topological polar surface area (TPSA) is 35.2 Å². The van der Waals surface area contributed by atoms with Crippen LogP contribution < -0.4 is 10.5 Å². The number of rotatable bonds is 5. The molecule has 0 aromatic heterocycles. The van der Waals surface area contributed by atoms with E-state index in [-0.39, 0.29) is 11.9 Å². The molecule has 0 radical (unpaired) electrons. The van der Waals surface area contributed by atoms with Crippen LogP contribution in [-0.4, -0.2) is 6.04 Å². The van der Waals surface area contributed by atoms with Crippen molar-refractivity contribution in [3.8, 4) is 11.5 Å². The maximum atomic E-state index is 13.3. The number of ether oxygens (including phenoxy) is 1. The molecule has 2 rings (SSSR count). The molecule has 0 heterocycles. The van der Waals surface area contributed by atoms with Crippen molar-refractivity contribution in [1.29, 1.82) is 0 Å². The van der Waals surface area contributed by atoms with Gasteiger partial charge in [0.15, 0.2) is 0 Å². The lowest BCUT2D eigenvalue weighted by Gasteiger charge is -2.16. The molecular formula is C17H19ClFNO. The predicted octanol–water partition coefficient (Wildman–Crippen LogP) is 4.86. The van der Waals surface area contributed by atoms with Crippen molar-refractivity contribution < 1.29 is 9.13 Å². The van der Waals surface area contributed by atoms with Gasteiger partial charge in [0.2, 0.25) is 0 Å². The van der Waals surface area contributed by atoms with E-state index < -0.39 is 0 Å². The van der Waals surface area contributed by atoms with E-state index in [1.165, 1.54) is 6.07 Å². The van der Waals surface area contributed by atoms with E-state index in [0.29, 0.717) is 28.5 Å². The van der Waals surface area contributed by atoms with E-state index in [1.54, 1.807) is 25.1 Å². The molecule has 0 saturated carbocycles. The van der Waals surface area contributed by atoms with Crippen LogP contribution in [0.2, 0.25) is 5.02 Å². The normalized spacial score (nSPS) is 12.2. The molecule has 2 aromatic carbocycles. The smallest absolute Gasteiger partial charge is 0.149 e. The Labute approximate surface area is 129 Å². The first-order valence-electron chi connectivity index (χ1n) is 6.98. The van der Waals surface area contributed by atoms with Crippen LogP contribution in [0.1, 0.15) is 24.5 Å². The fourth-order valence-corrected chi connectivity index (χ4v) is 2.29. The van der Waals surface area contributed by atoms with Crippen LogP contribution in [0.15, 0.2) is 36.4 Å². The van der Waals surface area contributed by atoms with Gasteiger partial charge < -0.3 is 10.5 Å². The van der Waals surface area contributed by atoms with E-state index in [4.69, 9.17) is 22.1 Å². The van der Waals surface area contributed by atoms with Gasteiger partial charge in [-0.05, 0) is 55.2 Å². The molecule has 1 unspecified atom stereocenters. The molecule has 21 heavy (non-hydrogen) atoms. The van der Waals surface area contributed by atoms with E-state index in [1.807, 2.05) is 19.1 Å². The lowest BCUT2D eigenvalue weighted by atomic mass is 10.0. The molecule has 0 amide bonds. The molecule has 112 valence electrons. The van der Waals surface area contributed by atoms with Crippen molar-refractivity contribution in [1.82, 2.24) is 0 Å². The zero-order valence-corrected chi connectivity index (χ0v) is 13.0. The summed E-state index contributed by atoms with van der Waals surface area (Å²) < 4.78 is 19.2. The van der Waals surface area contributed by atoms with Crippen molar-refractivity contribution in [3.05, 3.63) is 58.4 Å². The van der Waals surface area contributed by atoms with Gasteiger partial charge in [0.1, 0.15) is 17.3 Å². The summed E-state index contributed by atoms with van der Waals surface area (Å²) in [5.74, 6) is 0.900. The third kappa shape index (κ3) is 3.96. The van der Waals surface area contributed by atoms with E-state index in [9.17, 15) is 4.39 Å². The summed E-state index contributed by atoms with van der Waals surface area (Å²) in [5, 5.41) is 0.526. The highest BCUT2D eigenvalue weighted by Gasteiger charge is 2.13. The molecule has 0 fully saturated rings. The van der Waals surface area contributed by atoms with Gasteiger partial charge >= 0.3 is 0 Å². The monoisotopic (exact) mass is 307 g/mol. The third-order valence-electron chi connectivity index (χ3n) is 3.40. The second kappa shape index (κ2) is 6.92. The fraction of sp³-hybridized carbons (Fsp3) is 0.294. The molecule has 0 aliphatic carbocycles. The highest BCUT2D eigenvalue weighted by Crippen LogP contribution is 2.34. The van der Waals surface area contributed by atoms with Gasteiger partial charge in [0.05, 0.1) is 5.02 Å². The molecule has 0 aliphatic rings. The Bertz CT molecular complexity index is 630. The first kappa shape index (κ1) is 15.8. The van der Waals surface area contributed by atoms with Crippen LogP contribution in [0.4, 0.5) is 4.39 Å². The fourth-order valence-electron chi connectivity index (χ4n) is 2.05. The number of hydrogen-bond donors (Lipinski definition) is 1. The van der Waals surface area contributed by atoms with Crippen LogP contribution in [0.25, 0.3) is 0 Å². The minimum absolute atomic E-state index is 0.0563. The van der Waals surface area contributed by atoms with E-state index in [2.05, 4.69) is 0 Å². The Hall–Kier alpha value is -1.58. The first-order chi connectivity index (χ1) is 10.0. The highest BCUT2D eigenvalue weighted by atomic mass is 35.5. The largest absolute Gasteiger partial charge is 0.456 e. The number of benzene rings is 2.